The third-order valence-corrected chi connectivity index (χ3v) is 3.99. The van der Waals surface area contributed by atoms with Crippen LogP contribution in [0.15, 0.2) is 30.4 Å². The van der Waals surface area contributed by atoms with Crippen LogP contribution in [-0.2, 0) is 6.54 Å². The maximum atomic E-state index is 9.54. The molecule has 0 aliphatic heterocycles. The molecule has 2 rings (SSSR count). The topological polar surface area (TPSA) is 50.7 Å². The molecule has 22 heavy (non-hydrogen) atoms. The van der Waals surface area contributed by atoms with Crippen molar-refractivity contribution in [1.82, 2.24) is 5.32 Å². The number of nitrogens with one attached hydrogen (secondary N) is 1. The quantitative estimate of drug-likeness (QED) is 0.760. The van der Waals surface area contributed by atoms with Gasteiger partial charge in [-0.3, -0.25) is 0 Å². The fraction of sp³-hybridized carbons (Fsp3) is 0.556. The highest BCUT2D eigenvalue weighted by Crippen LogP contribution is 2.28. The molecule has 0 amide bonds. The van der Waals surface area contributed by atoms with E-state index >= 15 is 0 Å². The molecule has 4 heteroatoms. The van der Waals surface area contributed by atoms with Crippen molar-refractivity contribution in [1.29, 1.82) is 0 Å². The predicted molar refractivity (Wildman–Crippen MR) is 88.4 cm³/mol. The number of hydrogen-bond donors (Lipinski definition) is 2. The number of aliphatic hydroxyl groups excluding tert-OH is 1. The van der Waals surface area contributed by atoms with E-state index in [1.54, 1.807) is 7.11 Å². The first-order chi connectivity index (χ1) is 10.6. The second kappa shape index (κ2) is 8.20. The molecular formula is C18H27NO3. The standard InChI is InChI=1S/C18H27NO3/c1-13(2)12-22-18-10-14(4-9-17(18)21-3)11-19-15-5-7-16(20)8-6-15/h4,9-10,15-16,19-20H,1,5-8,11-12H2,2-3H3. The highest BCUT2D eigenvalue weighted by molar-refractivity contribution is 5.43. The summed E-state index contributed by atoms with van der Waals surface area (Å²) in [5.41, 5.74) is 2.15. The summed E-state index contributed by atoms with van der Waals surface area (Å²) in [5, 5.41) is 13.1. The van der Waals surface area contributed by atoms with Crippen LogP contribution in [-0.4, -0.2) is 31.0 Å². The predicted octanol–water partition coefficient (Wildman–Crippen LogP) is 3.04. The second-order valence-corrected chi connectivity index (χ2v) is 6.12. The summed E-state index contributed by atoms with van der Waals surface area (Å²) in [5.74, 6) is 1.50. The van der Waals surface area contributed by atoms with Crippen LogP contribution in [0.4, 0.5) is 0 Å². The lowest BCUT2D eigenvalue weighted by Gasteiger charge is -2.26. The van der Waals surface area contributed by atoms with Crippen molar-refractivity contribution in [2.75, 3.05) is 13.7 Å². The minimum atomic E-state index is -0.110. The molecule has 1 aliphatic rings. The van der Waals surface area contributed by atoms with E-state index in [9.17, 15) is 5.11 Å². The molecule has 2 N–H and O–H groups in total. The number of methoxy groups -OCH3 is 1. The van der Waals surface area contributed by atoms with Crippen LogP contribution in [0.3, 0.4) is 0 Å². The molecule has 4 nitrogen and oxygen atoms in total. The van der Waals surface area contributed by atoms with Gasteiger partial charge in [0, 0.05) is 12.6 Å². The minimum absolute atomic E-state index is 0.110. The highest BCUT2D eigenvalue weighted by Gasteiger charge is 2.18. The fourth-order valence-electron chi connectivity index (χ4n) is 2.69. The van der Waals surface area contributed by atoms with E-state index in [-0.39, 0.29) is 6.10 Å². The van der Waals surface area contributed by atoms with Gasteiger partial charge in [-0.2, -0.15) is 0 Å². The average molecular weight is 305 g/mol. The Morgan fingerprint density at radius 3 is 2.64 bits per heavy atom. The van der Waals surface area contributed by atoms with E-state index in [0.29, 0.717) is 12.6 Å². The number of benzene rings is 1. The molecule has 0 bridgehead atoms. The van der Waals surface area contributed by atoms with Gasteiger partial charge in [-0.15, -0.1) is 0 Å². The largest absolute Gasteiger partial charge is 0.493 e. The molecule has 1 aromatic carbocycles. The van der Waals surface area contributed by atoms with E-state index in [4.69, 9.17) is 9.47 Å². The monoisotopic (exact) mass is 305 g/mol. The Kier molecular flexibility index (Phi) is 6.28. The fourth-order valence-corrected chi connectivity index (χ4v) is 2.69. The maximum absolute atomic E-state index is 9.54. The van der Waals surface area contributed by atoms with Gasteiger partial charge in [0.05, 0.1) is 13.2 Å². The van der Waals surface area contributed by atoms with Gasteiger partial charge in [0.2, 0.25) is 0 Å². The van der Waals surface area contributed by atoms with Gasteiger partial charge in [-0.25, -0.2) is 0 Å². The smallest absolute Gasteiger partial charge is 0.161 e. The maximum Gasteiger partial charge on any atom is 0.161 e. The number of ether oxygens (including phenoxy) is 2. The number of aliphatic hydroxyl groups is 1. The summed E-state index contributed by atoms with van der Waals surface area (Å²) < 4.78 is 11.1. The van der Waals surface area contributed by atoms with E-state index in [2.05, 4.69) is 18.0 Å². The first-order valence-corrected chi connectivity index (χ1v) is 7.94. The van der Waals surface area contributed by atoms with E-state index in [0.717, 1.165) is 49.3 Å². The summed E-state index contributed by atoms with van der Waals surface area (Å²) in [6, 6.07) is 6.50. The van der Waals surface area contributed by atoms with Crippen molar-refractivity contribution in [3.63, 3.8) is 0 Å². The Bertz CT molecular complexity index is 493. The van der Waals surface area contributed by atoms with Crippen molar-refractivity contribution in [3.05, 3.63) is 35.9 Å². The van der Waals surface area contributed by atoms with E-state index in [1.165, 1.54) is 5.56 Å². The molecule has 0 saturated heterocycles. The number of hydrogen-bond acceptors (Lipinski definition) is 4. The van der Waals surface area contributed by atoms with E-state index in [1.807, 2.05) is 19.1 Å². The van der Waals surface area contributed by atoms with Gasteiger partial charge in [-0.05, 0) is 55.9 Å². The molecule has 0 radical (unpaired) electrons. The Morgan fingerprint density at radius 1 is 1.27 bits per heavy atom. The van der Waals surface area contributed by atoms with Crippen LogP contribution >= 0.6 is 0 Å². The lowest BCUT2D eigenvalue weighted by Crippen LogP contribution is -2.34. The summed E-state index contributed by atoms with van der Waals surface area (Å²) in [7, 11) is 1.65. The van der Waals surface area contributed by atoms with Crippen LogP contribution in [0.1, 0.15) is 38.2 Å². The molecule has 0 unspecified atom stereocenters. The Morgan fingerprint density at radius 2 is 2.00 bits per heavy atom. The van der Waals surface area contributed by atoms with Gasteiger partial charge in [0.15, 0.2) is 11.5 Å². The average Bonchev–Trinajstić information content (AvgIpc) is 2.52. The normalized spacial score (nSPS) is 21.4. The lowest BCUT2D eigenvalue weighted by molar-refractivity contribution is 0.116. The third kappa shape index (κ3) is 5.04. The minimum Gasteiger partial charge on any atom is -0.493 e. The van der Waals surface area contributed by atoms with Crippen molar-refractivity contribution < 1.29 is 14.6 Å². The van der Waals surface area contributed by atoms with Gasteiger partial charge in [0.25, 0.3) is 0 Å². The first-order valence-electron chi connectivity index (χ1n) is 7.94. The van der Waals surface area contributed by atoms with Crippen molar-refractivity contribution in [2.24, 2.45) is 0 Å². The summed E-state index contributed by atoms with van der Waals surface area (Å²) in [4.78, 5) is 0. The molecular weight excluding hydrogens is 278 g/mol. The molecule has 1 aromatic rings. The zero-order valence-electron chi connectivity index (χ0n) is 13.6. The first kappa shape index (κ1) is 16.8. The van der Waals surface area contributed by atoms with Crippen molar-refractivity contribution in [3.8, 4) is 11.5 Å². The van der Waals surface area contributed by atoms with Crippen LogP contribution in [0.2, 0.25) is 0 Å². The van der Waals surface area contributed by atoms with Crippen LogP contribution in [0, 0.1) is 0 Å². The molecule has 0 spiro atoms. The van der Waals surface area contributed by atoms with Crippen molar-refractivity contribution >= 4 is 0 Å². The molecule has 0 heterocycles. The molecule has 1 saturated carbocycles. The van der Waals surface area contributed by atoms with Gasteiger partial charge in [0.1, 0.15) is 6.61 Å². The van der Waals surface area contributed by atoms with Gasteiger partial charge in [-0.1, -0.05) is 12.6 Å². The molecule has 122 valence electrons. The Labute approximate surface area is 133 Å². The lowest BCUT2D eigenvalue weighted by atomic mass is 9.93. The molecule has 0 atom stereocenters. The van der Waals surface area contributed by atoms with Gasteiger partial charge >= 0.3 is 0 Å². The second-order valence-electron chi connectivity index (χ2n) is 6.12. The zero-order valence-corrected chi connectivity index (χ0v) is 13.6. The van der Waals surface area contributed by atoms with Gasteiger partial charge < -0.3 is 19.9 Å². The Balaban J connectivity index is 1.92. The highest BCUT2D eigenvalue weighted by atomic mass is 16.5. The zero-order chi connectivity index (χ0) is 15.9. The van der Waals surface area contributed by atoms with Crippen LogP contribution < -0.4 is 14.8 Å². The molecule has 0 aromatic heterocycles. The summed E-state index contributed by atoms with van der Waals surface area (Å²) in [6.45, 7) is 7.09. The van der Waals surface area contributed by atoms with Crippen molar-refractivity contribution in [2.45, 2.75) is 51.3 Å². The molecule has 1 aliphatic carbocycles. The molecule has 1 fully saturated rings. The third-order valence-electron chi connectivity index (χ3n) is 3.99. The van der Waals surface area contributed by atoms with Crippen LogP contribution in [0.25, 0.3) is 0 Å². The summed E-state index contributed by atoms with van der Waals surface area (Å²) >= 11 is 0. The summed E-state index contributed by atoms with van der Waals surface area (Å²) in [6.07, 6.45) is 3.76. The SMILES string of the molecule is C=C(C)COc1cc(CNC2CCC(O)CC2)ccc1OC. The Hall–Kier alpha value is -1.52. The number of rotatable bonds is 7. The van der Waals surface area contributed by atoms with E-state index < -0.39 is 0 Å². The van der Waals surface area contributed by atoms with Crippen LogP contribution in [0.5, 0.6) is 11.5 Å².